The van der Waals surface area contributed by atoms with Gasteiger partial charge < -0.3 is 10.1 Å². The Morgan fingerprint density at radius 2 is 2.22 bits per heavy atom. The first-order valence-corrected chi connectivity index (χ1v) is 5.48. The first-order chi connectivity index (χ1) is 8.53. The molecule has 4 nitrogen and oxygen atoms in total. The van der Waals surface area contributed by atoms with Gasteiger partial charge in [0.25, 0.3) is 0 Å². The molecule has 0 bridgehead atoms. The SMILES string of the molecule is Cn1ccc(-c2ccc3c(c2)OC(F)(F)CN3)n1. The summed E-state index contributed by atoms with van der Waals surface area (Å²) in [5.41, 5.74) is 2.03. The van der Waals surface area contributed by atoms with E-state index in [4.69, 9.17) is 0 Å². The molecule has 3 rings (SSSR count). The fraction of sp³-hybridized carbons (Fsp3) is 0.250. The molecule has 2 aromatic rings. The number of aryl methyl sites for hydroxylation is 1. The Morgan fingerprint density at radius 3 is 2.94 bits per heavy atom. The van der Waals surface area contributed by atoms with Crippen LogP contribution < -0.4 is 10.1 Å². The van der Waals surface area contributed by atoms with Gasteiger partial charge in [0.2, 0.25) is 0 Å². The van der Waals surface area contributed by atoms with Crippen LogP contribution in [0.4, 0.5) is 14.5 Å². The molecule has 1 aromatic carbocycles. The lowest BCUT2D eigenvalue weighted by molar-refractivity contribution is -0.166. The third-order valence-electron chi connectivity index (χ3n) is 2.73. The third kappa shape index (κ3) is 1.90. The second-order valence-corrected chi connectivity index (χ2v) is 4.18. The molecule has 1 aromatic heterocycles. The number of fused-ring (bicyclic) bond motifs is 1. The summed E-state index contributed by atoms with van der Waals surface area (Å²) in [6.07, 6.45) is -1.38. The van der Waals surface area contributed by atoms with Crippen molar-refractivity contribution in [2.24, 2.45) is 7.05 Å². The minimum atomic E-state index is -3.17. The predicted molar refractivity (Wildman–Crippen MR) is 62.7 cm³/mol. The first kappa shape index (κ1) is 11.0. The van der Waals surface area contributed by atoms with Gasteiger partial charge >= 0.3 is 6.11 Å². The molecule has 1 N–H and O–H groups in total. The maximum absolute atomic E-state index is 13.1. The normalized spacial score (nSPS) is 16.6. The minimum Gasteiger partial charge on any atom is -0.429 e. The molecule has 0 radical (unpaired) electrons. The molecule has 0 amide bonds. The zero-order chi connectivity index (χ0) is 12.8. The van der Waals surface area contributed by atoms with E-state index in [2.05, 4.69) is 15.2 Å². The number of benzene rings is 1. The van der Waals surface area contributed by atoms with Crippen molar-refractivity contribution in [3.8, 4) is 17.0 Å². The molecule has 0 aliphatic carbocycles. The molecule has 0 saturated heterocycles. The predicted octanol–water partition coefficient (Wildman–Crippen LogP) is 2.48. The monoisotopic (exact) mass is 251 g/mol. The highest BCUT2D eigenvalue weighted by Crippen LogP contribution is 2.37. The number of halogens is 2. The zero-order valence-corrected chi connectivity index (χ0v) is 9.65. The van der Waals surface area contributed by atoms with Crippen LogP contribution in [-0.2, 0) is 7.05 Å². The molecule has 0 spiro atoms. The molecule has 18 heavy (non-hydrogen) atoms. The van der Waals surface area contributed by atoms with Crippen molar-refractivity contribution in [1.29, 1.82) is 0 Å². The van der Waals surface area contributed by atoms with Crippen molar-refractivity contribution in [1.82, 2.24) is 9.78 Å². The summed E-state index contributed by atoms with van der Waals surface area (Å²) in [5, 5.41) is 6.86. The Labute approximate surface area is 102 Å². The van der Waals surface area contributed by atoms with Crippen molar-refractivity contribution >= 4 is 5.69 Å². The van der Waals surface area contributed by atoms with Crippen LogP contribution in [-0.4, -0.2) is 22.4 Å². The van der Waals surface area contributed by atoms with E-state index in [9.17, 15) is 8.78 Å². The molecule has 0 atom stereocenters. The van der Waals surface area contributed by atoms with E-state index in [0.717, 1.165) is 11.3 Å². The molecular formula is C12H11F2N3O. The Hall–Kier alpha value is -2.11. The highest BCUT2D eigenvalue weighted by Gasteiger charge is 2.36. The lowest BCUT2D eigenvalue weighted by Gasteiger charge is -2.26. The van der Waals surface area contributed by atoms with E-state index < -0.39 is 12.7 Å². The van der Waals surface area contributed by atoms with E-state index >= 15 is 0 Å². The third-order valence-corrected chi connectivity index (χ3v) is 2.73. The van der Waals surface area contributed by atoms with Crippen LogP contribution in [0, 0.1) is 0 Å². The number of alkyl halides is 2. The minimum absolute atomic E-state index is 0.148. The van der Waals surface area contributed by atoms with Crippen LogP contribution in [0.3, 0.4) is 0 Å². The Morgan fingerprint density at radius 1 is 1.39 bits per heavy atom. The Balaban J connectivity index is 2.00. The largest absolute Gasteiger partial charge is 0.429 e. The molecule has 1 aliphatic heterocycles. The van der Waals surface area contributed by atoms with Crippen LogP contribution in [0.1, 0.15) is 0 Å². The number of nitrogens with one attached hydrogen (secondary N) is 1. The van der Waals surface area contributed by atoms with Gasteiger partial charge in [-0.2, -0.15) is 13.9 Å². The van der Waals surface area contributed by atoms with Gasteiger partial charge in [0, 0.05) is 18.8 Å². The van der Waals surface area contributed by atoms with Gasteiger partial charge in [-0.05, 0) is 18.2 Å². The van der Waals surface area contributed by atoms with Gasteiger partial charge in [-0.1, -0.05) is 6.07 Å². The summed E-state index contributed by atoms with van der Waals surface area (Å²) >= 11 is 0. The average molecular weight is 251 g/mol. The van der Waals surface area contributed by atoms with Crippen LogP contribution in [0.5, 0.6) is 5.75 Å². The number of hydrogen-bond donors (Lipinski definition) is 1. The first-order valence-electron chi connectivity index (χ1n) is 5.48. The number of anilines is 1. The van der Waals surface area contributed by atoms with Crippen molar-refractivity contribution in [2.75, 3.05) is 11.9 Å². The quantitative estimate of drug-likeness (QED) is 0.846. The van der Waals surface area contributed by atoms with E-state index in [0.29, 0.717) is 5.69 Å². The molecule has 1 aliphatic rings. The van der Waals surface area contributed by atoms with Crippen molar-refractivity contribution < 1.29 is 13.5 Å². The van der Waals surface area contributed by atoms with Gasteiger partial charge in [0.05, 0.1) is 11.4 Å². The maximum atomic E-state index is 13.1. The average Bonchev–Trinajstić information content (AvgIpc) is 2.74. The summed E-state index contributed by atoms with van der Waals surface area (Å²) in [6.45, 7) is -0.511. The lowest BCUT2D eigenvalue weighted by atomic mass is 10.1. The van der Waals surface area contributed by atoms with Crippen molar-refractivity contribution in [2.45, 2.75) is 6.11 Å². The van der Waals surface area contributed by atoms with Gasteiger partial charge in [-0.25, -0.2) is 0 Å². The molecule has 0 saturated carbocycles. The van der Waals surface area contributed by atoms with E-state index in [-0.39, 0.29) is 5.75 Å². The number of rotatable bonds is 1. The topological polar surface area (TPSA) is 39.1 Å². The fourth-order valence-electron chi connectivity index (χ4n) is 1.88. The van der Waals surface area contributed by atoms with Gasteiger partial charge in [-0.15, -0.1) is 0 Å². The second-order valence-electron chi connectivity index (χ2n) is 4.18. The fourth-order valence-corrected chi connectivity index (χ4v) is 1.88. The molecule has 0 unspecified atom stereocenters. The summed E-state index contributed by atoms with van der Waals surface area (Å²) in [6, 6.07) is 6.92. The molecule has 2 heterocycles. The summed E-state index contributed by atoms with van der Waals surface area (Å²) in [7, 11) is 1.80. The number of nitrogens with zero attached hydrogens (tertiary/aromatic N) is 2. The standard InChI is InChI=1S/C12H11F2N3O/c1-17-5-4-9(16-17)8-2-3-10-11(6-8)18-12(13,14)7-15-10/h2-6,15H,7H2,1H3. The van der Waals surface area contributed by atoms with E-state index in [1.54, 1.807) is 30.1 Å². The van der Waals surface area contributed by atoms with Gasteiger partial charge in [0.1, 0.15) is 12.3 Å². The van der Waals surface area contributed by atoms with Crippen LogP contribution in [0.15, 0.2) is 30.5 Å². The summed E-state index contributed by atoms with van der Waals surface area (Å²) in [5.74, 6) is 0.148. The molecule has 0 fully saturated rings. The number of aromatic nitrogens is 2. The Bertz CT molecular complexity index is 595. The molecule has 94 valence electrons. The summed E-state index contributed by atoms with van der Waals surface area (Å²) < 4.78 is 32.5. The van der Waals surface area contributed by atoms with E-state index in [1.165, 1.54) is 0 Å². The number of hydrogen-bond acceptors (Lipinski definition) is 3. The second kappa shape index (κ2) is 3.69. The zero-order valence-electron chi connectivity index (χ0n) is 9.65. The van der Waals surface area contributed by atoms with Gasteiger partial charge in [0.15, 0.2) is 0 Å². The molecular weight excluding hydrogens is 240 g/mol. The smallest absolute Gasteiger partial charge is 0.415 e. The van der Waals surface area contributed by atoms with Crippen molar-refractivity contribution in [3.05, 3.63) is 30.5 Å². The summed E-state index contributed by atoms with van der Waals surface area (Å²) in [4.78, 5) is 0. The number of ether oxygens (including phenoxy) is 1. The highest BCUT2D eigenvalue weighted by molar-refractivity contribution is 5.69. The van der Waals surface area contributed by atoms with Crippen molar-refractivity contribution in [3.63, 3.8) is 0 Å². The lowest BCUT2D eigenvalue weighted by Crippen LogP contribution is -2.37. The Kier molecular flexibility index (Phi) is 2.26. The van der Waals surface area contributed by atoms with Crippen LogP contribution in [0.2, 0.25) is 0 Å². The van der Waals surface area contributed by atoms with E-state index in [1.807, 2.05) is 12.1 Å². The van der Waals surface area contributed by atoms with Crippen LogP contribution >= 0.6 is 0 Å². The van der Waals surface area contributed by atoms with Crippen LogP contribution in [0.25, 0.3) is 11.3 Å². The molecule has 6 heteroatoms. The maximum Gasteiger partial charge on any atom is 0.415 e. The van der Waals surface area contributed by atoms with Gasteiger partial charge in [-0.3, -0.25) is 4.68 Å². The highest BCUT2D eigenvalue weighted by atomic mass is 19.3.